The van der Waals surface area contributed by atoms with E-state index in [0.29, 0.717) is 23.2 Å². The van der Waals surface area contributed by atoms with Gasteiger partial charge in [-0.2, -0.15) is 0 Å². The predicted octanol–water partition coefficient (Wildman–Crippen LogP) is 3.03. The van der Waals surface area contributed by atoms with E-state index in [0.717, 1.165) is 18.8 Å². The van der Waals surface area contributed by atoms with Gasteiger partial charge in [-0.15, -0.1) is 0 Å². The number of halogens is 1. The van der Waals surface area contributed by atoms with Gasteiger partial charge in [0, 0.05) is 20.2 Å². The maximum atomic E-state index is 6.05. The Hall–Kier alpha value is -0.930. The molecule has 0 bridgehead atoms. The maximum absolute atomic E-state index is 6.05. The van der Waals surface area contributed by atoms with Crippen molar-refractivity contribution >= 4 is 23.0 Å². The fourth-order valence-corrected chi connectivity index (χ4v) is 1.92. The van der Waals surface area contributed by atoms with Crippen LogP contribution in [0.4, 0.5) is 11.4 Å². The Kier molecular flexibility index (Phi) is 5.59. The molecule has 96 valence electrons. The van der Waals surface area contributed by atoms with E-state index in [1.807, 2.05) is 18.2 Å². The van der Waals surface area contributed by atoms with Crippen molar-refractivity contribution in [3.63, 3.8) is 0 Å². The van der Waals surface area contributed by atoms with Gasteiger partial charge in [-0.1, -0.05) is 31.5 Å². The van der Waals surface area contributed by atoms with E-state index in [1.54, 1.807) is 7.11 Å². The van der Waals surface area contributed by atoms with Crippen LogP contribution in [0.1, 0.15) is 13.8 Å². The first-order valence-corrected chi connectivity index (χ1v) is 6.22. The Morgan fingerprint density at radius 2 is 2.12 bits per heavy atom. The molecule has 0 aliphatic heterocycles. The van der Waals surface area contributed by atoms with E-state index >= 15 is 0 Å². The topological polar surface area (TPSA) is 38.5 Å². The summed E-state index contributed by atoms with van der Waals surface area (Å²) in [5.74, 6) is 0.560. The van der Waals surface area contributed by atoms with E-state index in [-0.39, 0.29) is 0 Å². The average Bonchev–Trinajstić information content (AvgIpc) is 2.28. The number of nitrogens with zero attached hydrogens (tertiary/aromatic N) is 1. The second-order valence-corrected chi connectivity index (χ2v) is 4.91. The van der Waals surface area contributed by atoms with Crippen LogP contribution in [0, 0.1) is 5.92 Å². The van der Waals surface area contributed by atoms with Crippen LogP contribution in [0.3, 0.4) is 0 Å². The Morgan fingerprint density at radius 1 is 1.41 bits per heavy atom. The number of nitrogens with two attached hydrogens (primary N) is 1. The lowest BCUT2D eigenvalue weighted by Crippen LogP contribution is -2.31. The van der Waals surface area contributed by atoms with Gasteiger partial charge in [0.1, 0.15) is 0 Å². The molecular weight excluding hydrogens is 236 g/mol. The van der Waals surface area contributed by atoms with Gasteiger partial charge in [0.2, 0.25) is 0 Å². The molecule has 2 N–H and O–H groups in total. The lowest BCUT2D eigenvalue weighted by Gasteiger charge is -2.28. The summed E-state index contributed by atoms with van der Waals surface area (Å²) < 4.78 is 5.13. The third kappa shape index (κ3) is 4.10. The molecule has 4 heteroatoms. The molecule has 0 atom stereocenters. The summed E-state index contributed by atoms with van der Waals surface area (Å²) in [4.78, 5) is 2.22. The minimum atomic E-state index is 0.560. The van der Waals surface area contributed by atoms with Crippen LogP contribution in [0.2, 0.25) is 5.02 Å². The smallest absolute Gasteiger partial charge is 0.0741 e. The van der Waals surface area contributed by atoms with Gasteiger partial charge < -0.3 is 15.4 Å². The molecule has 0 spiro atoms. The SMILES string of the molecule is COCCN(CC(C)C)c1cccc(Cl)c1N. The monoisotopic (exact) mass is 256 g/mol. The van der Waals surface area contributed by atoms with E-state index in [4.69, 9.17) is 22.1 Å². The van der Waals surface area contributed by atoms with E-state index in [1.165, 1.54) is 0 Å². The van der Waals surface area contributed by atoms with Gasteiger partial charge in [-0.05, 0) is 18.1 Å². The molecule has 17 heavy (non-hydrogen) atoms. The standard InChI is InChI=1S/C13H21ClN2O/c1-10(2)9-16(7-8-17-3)12-6-4-5-11(14)13(12)15/h4-6,10H,7-9,15H2,1-3H3. The Balaban J connectivity index is 2.90. The van der Waals surface area contributed by atoms with Crippen molar-refractivity contribution in [2.75, 3.05) is 37.4 Å². The van der Waals surface area contributed by atoms with Crippen LogP contribution in [0.25, 0.3) is 0 Å². The zero-order chi connectivity index (χ0) is 12.8. The Labute approximate surface area is 109 Å². The number of hydrogen-bond acceptors (Lipinski definition) is 3. The molecule has 0 aliphatic rings. The molecule has 0 unspecified atom stereocenters. The summed E-state index contributed by atoms with van der Waals surface area (Å²) in [5.41, 5.74) is 7.65. The van der Waals surface area contributed by atoms with Gasteiger partial charge in [0.25, 0.3) is 0 Å². The normalized spacial score (nSPS) is 10.9. The zero-order valence-electron chi connectivity index (χ0n) is 10.7. The van der Waals surface area contributed by atoms with Crippen molar-refractivity contribution in [1.82, 2.24) is 0 Å². The number of ether oxygens (including phenoxy) is 1. The molecule has 0 fully saturated rings. The highest BCUT2D eigenvalue weighted by atomic mass is 35.5. The maximum Gasteiger partial charge on any atom is 0.0741 e. The number of hydrogen-bond donors (Lipinski definition) is 1. The molecule has 0 aromatic heterocycles. The number of anilines is 2. The fourth-order valence-electron chi connectivity index (χ4n) is 1.75. The lowest BCUT2D eigenvalue weighted by atomic mass is 10.1. The summed E-state index contributed by atoms with van der Waals surface area (Å²) in [7, 11) is 1.70. The van der Waals surface area contributed by atoms with Crippen LogP contribution in [-0.2, 0) is 4.74 Å². The van der Waals surface area contributed by atoms with Crippen molar-refractivity contribution in [3.05, 3.63) is 23.2 Å². The fraction of sp³-hybridized carbons (Fsp3) is 0.538. The van der Waals surface area contributed by atoms with Gasteiger partial charge in [-0.25, -0.2) is 0 Å². The first kappa shape index (κ1) is 14.1. The van der Waals surface area contributed by atoms with Crippen molar-refractivity contribution in [2.24, 2.45) is 5.92 Å². The highest BCUT2D eigenvalue weighted by Crippen LogP contribution is 2.30. The molecule has 0 aliphatic carbocycles. The summed E-state index contributed by atoms with van der Waals surface area (Å²) >= 11 is 6.05. The van der Waals surface area contributed by atoms with Crippen LogP contribution in [0.5, 0.6) is 0 Å². The third-order valence-corrected chi connectivity index (χ3v) is 2.85. The summed E-state index contributed by atoms with van der Waals surface area (Å²) in [6.45, 7) is 6.80. The molecule has 1 aromatic rings. The largest absolute Gasteiger partial charge is 0.396 e. The zero-order valence-corrected chi connectivity index (χ0v) is 11.5. The average molecular weight is 257 g/mol. The number of para-hydroxylation sites is 1. The molecule has 0 amide bonds. The second kappa shape index (κ2) is 6.72. The van der Waals surface area contributed by atoms with Crippen molar-refractivity contribution < 1.29 is 4.74 Å². The molecule has 0 radical (unpaired) electrons. The van der Waals surface area contributed by atoms with Crippen molar-refractivity contribution in [2.45, 2.75) is 13.8 Å². The summed E-state index contributed by atoms with van der Waals surface area (Å²) in [6, 6.07) is 5.73. The number of rotatable bonds is 6. The van der Waals surface area contributed by atoms with Crippen LogP contribution in [-0.4, -0.2) is 26.8 Å². The molecule has 1 aromatic carbocycles. The van der Waals surface area contributed by atoms with Gasteiger partial charge in [-0.3, -0.25) is 0 Å². The van der Waals surface area contributed by atoms with Gasteiger partial charge in [0.05, 0.1) is 23.0 Å². The third-order valence-electron chi connectivity index (χ3n) is 2.52. The Bertz CT molecular complexity index is 355. The first-order valence-electron chi connectivity index (χ1n) is 5.84. The predicted molar refractivity (Wildman–Crippen MR) is 74.8 cm³/mol. The molecule has 0 saturated heterocycles. The first-order chi connectivity index (χ1) is 8.06. The van der Waals surface area contributed by atoms with Gasteiger partial charge in [0.15, 0.2) is 0 Å². The highest BCUT2D eigenvalue weighted by Gasteiger charge is 2.12. The number of methoxy groups -OCH3 is 1. The minimum Gasteiger partial charge on any atom is -0.396 e. The van der Waals surface area contributed by atoms with Crippen LogP contribution in [0.15, 0.2) is 18.2 Å². The van der Waals surface area contributed by atoms with Crippen LogP contribution < -0.4 is 10.6 Å². The van der Waals surface area contributed by atoms with Crippen molar-refractivity contribution in [3.8, 4) is 0 Å². The van der Waals surface area contributed by atoms with Crippen molar-refractivity contribution in [1.29, 1.82) is 0 Å². The van der Waals surface area contributed by atoms with Gasteiger partial charge >= 0.3 is 0 Å². The second-order valence-electron chi connectivity index (χ2n) is 4.51. The molecule has 1 rings (SSSR count). The van der Waals surface area contributed by atoms with E-state index < -0.39 is 0 Å². The molecule has 0 saturated carbocycles. The quantitative estimate of drug-likeness (QED) is 0.795. The van der Waals surface area contributed by atoms with E-state index in [9.17, 15) is 0 Å². The lowest BCUT2D eigenvalue weighted by molar-refractivity contribution is 0.204. The minimum absolute atomic E-state index is 0.560. The van der Waals surface area contributed by atoms with Crippen LogP contribution >= 0.6 is 11.6 Å². The molecule has 0 heterocycles. The highest BCUT2D eigenvalue weighted by molar-refractivity contribution is 6.33. The molecule has 3 nitrogen and oxygen atoms in total. The number of benzene rings is 1. The number of nitrogen functional groups attached to an aromatic ring is 1. The Morgan fingerprint density at radius 3 is 2.71 bits per heavy atom. The summed E-state index contributed by atoms with van der Waals surface area (Å²) in [6.07, 6.45) is 0. The summed E-state index contributed by atoms with van der Waals surface area (Å²) in [5, 5.41) is 0.605. The molecular formula is C13H21ClN2O. The van der Waals surface area contributed by atoms with E-state index in [2.05, 4.69) is 18.7 Å².